The highest BCUT2D eigenvalue weighted by atomic mass is 32.2. The van der Waals surface area contributed by atoms with Crippen LogP contribution in [0, 0.1) is 11.3 Å². The lowest BCUT2D eigenvalue weighted by molar-refractivity contribution is 0.0722. The zero-order valence-corrected chi connectivity index (χ0v) is 19.1. The Morgan fingerprint density at radius 1 is 0.939 bits per heavy atom. The number of methoxy groups -OCH3 is 1. The van der Waals surface area contributed by atoms with Crippen LogP contribution in [0.2, 0.25) is 0 Å². The fourth-order valence-corrected chi connectivity index (χ4v) is 5.86. The lowest BCUT2D eigenvalue weighted by Gasteiger charge is -2.32. The van der Waals surface area contributed by atoms with Gasteiger partial charge in [-0.3, -0.25) is 4.79 Å². The normalized spacial score (nSPS) is 14.5. The van der Waals surface area contributed by atoms with Gasteiger partial charge in [0.1, 0.15) is 5.75 Å². The zero-order valence-electron chi connectivity index (χ0n) is 18.3. The van der Waals surface area contributed by atoms with Crippen LogP contribution in [0.5, 0.6) is 5.75 Å². The van der Waals surface area contributed by atoms with E-state index in [1.165, 1.54) is 7.11 Å². The Bertz CT molecular complexity index is 1290. The molecular formula is C26H24N2O4S. The minimum absolute atomic E-state index is 0.143. The summed E-state index contributed by atoms with van der Waals surface area (Å²) in [5.41, 5.74) is 2.87. The van der Waals surface area contributed by atoms with Crippen molar-refractivity contribution in [2.75, 3.05) is 20.2 Å². The number of piperidine rings is 1. The van der Waals surface area contributed by atoms with Crippen LogP contribution in [0.4, 0.5) is 0 Å². The van der Waals surface area contributed by atoms with Gasteiger partial charge in [-0.15, -0.1) is 0 Å². The van der Waals surface area contributed by atoms with Crippen LogP contribution in [0.3, 0.4) is 0 Å². The summed E-state index contributed by atoms with van der Waals surface area (Å²) >= 11 is 0. The third kappa shape index (κ3) is 4.62. The van der Waals surface area contributed by atoms with E-state index in [-0.39, 0.29) is 10.8 Å². The van der Waals surface area contributed by atoms with Gasteiger partial charge >= 0.3 is 0 Å². The first-order valence-corrected chi connectivity index (χ1v) is 12.3. The Kier molecular flexibility index (Phi) is 6.47. The molecule has 0 unspecified atom stereocenters. The van der Waals surface area contributed by atoms with E-state index < -0.39 is 15.1 Å². The Morgan fingerprint density at radius 2 is 1.52 bits per heavy atom. The van der Waals surface area contributed by atoms with Crippen LogP contribution in [0.15, 0.2) is 77.7 Å². The van der Waals surface area contributed by atoms with E-state index in [0.717, 1.165) is 11.1 Å². The van der Waals surface area contributed by atoms with Crippen LogP contribution in [-0.2, 0) is 9.84 Å². The maximum atomic E-state index is 13.2. The highest BCUT2D eigenvalue weighted by Crippen LogP contribution is 2.29. The van der Waals surface area contributed by atoms with E-state index in [4.69, 9.17) is 10.00 Å². The standard InChI is InChI=1S/C26H24N2O4S/c1-32-25-5-3-2-4-24(25)26(29)28-16-14-23(15-17-28)33(30,31)22-12-10-21(11-13-22)20-8-6-19(18-27)7-9-20/h2-13,23H,14-17H2,1H3. The van der Waals surface area contributed by atoms with Gasteiger partial charge in [0, 0.05) is 13.1 Å². The maximum Gasteiger partial charge on any atom is 0.257 e. The number of sulfone groups is 1. The Hall–Kier alpha value is -3.63. The SMILES string of the molecule is COc1ccccc1C(=O)N1CCC(S(=O)(=O)c2ccc(-c3ccc(C#N)cc3)cc2)CC1. The molecule has 3 aromatic rings. The number of hydrogen-bond acceptors (Lipinski definition) is 5. The molecule has 0 atom stereocenters. The number of hydrogen-bond donors (Lipinski definition) is 0. The predicted octanol–water partition coefficient (Wildman–Crippen LogP) is 4.31. The van der Waals surface area contributed by atoms with Crippen LogP contribution in [0.25, 0.3) is 11.1 Å². The fraction of sp³-hybridized carbons (Fsp3) is 0.231. The van der Waals surface area contributed by atoms with Crippen LogP contribution >= 0.6 is 0 Å². The van der Waals surface area contributed by atoms with Crippen molar-refractivity contribution in [1.29, 1.82) is 5.26 Å². The van der Waals surface area contributed by atoms with E-state index in [9.17, 15) is 13.2 Å². The molecule has 4 rings (SSSR count). The largest absolute Gasteiger partial charge is 0.496 e. The molecule has 0 saturated carbocycles. The number of nitrogens with zero attached hydrogens (tertiary/aromatic N) is 2. The van der Waals surface area contributed by atoms with Crippen LogP contribution < -0.4 is 4.74 Å². The quantitative estimate of drug-likeness (QED) is 0.566. The van der Waals surface area contributed by atoms with Gasteiger partial charge in [-0.25, -0.2) is 8.42 Å². The zero-order chi connectivity index (χ0) is 23.4. The number of nitriles is 1. The van der Waals surface area contributed by atoms with Gasteiger partial charge in [-0.2, -0.15) is 5.26 Å². The smallest absolute Gasteiger partial charge is 0.257 e. The Labute approximate surface area is 194 Å². The highest BCUT2D eigenvalue weighted by molar-refractivity contribution is 7.92. The molecule has 168 valence electrons. The van der Waals surface area contributed by atoms with Crippen molar-refractivity contribution in [3.05, 3.63) is 83.9 Å². The van der Waals surface area contributed by atoms with Gasteiger partial charge in [-0.05, 0) is 60.4 Å². The van der Waals surface area contributed by atoms with E-state index in [1.807, 2.05) is 12.1 Å². The average molecular weight is 461 g/mol. The topological polar surface area (TPSA) is 87.5 Å². The molecule has 1 fully saturated rings. The van der Waals surface area contributed by atoms with Crippen molar-refractivity contribution < 1.29 is 17.9 Å². The number of ether oxygens (including phenoxy) is 1. The first-order valence-electron chi connectivity index (χ1n) is 10.7. The van der Waals surface area contributed by atoms with Gasteiger partial charge in [0.25, 0.3) is 5.91 Å². The summed E-state index contributed by atoms with van der Waals surface area (Å²) in [5, 5.41) is 8.41. The summed E-state index contributed by atoms with van der Waals surface area (Å²) in [6, 6.07) is 23.1. The molecular weight excluding hydrogens is 436 g/mol. The summed E-state index contributed by atoms with van der Waals surface area (Å²) in [7, 11) is -1.98. The van der Waals surface area contributed by atoms with Crippen molar-refractivity contribution in [2.45, 2.75) is 23.0 Å². The van der Waals surface area contributed by atoms with E-state index in [0.29, 0.717) is 42.8 Å². The van der Waals surface area contributed by atoms with Gasteiger partial charge < -0.3 is 9.64 Å². The molecule has 1 aliphatic rings. The molecule has 1 amide bonds. The summed E-state index contributed by atoms with van der Waals surface area (Å²) in [5.74, 6) is 0.370. The number of carbonyl (C=O) groups is 1. The number of benzene rings is 3. The van der Waals surface area contributed by atoms with E-state index in [2.05, 4.69) is 6.07 Å². The molecule has 0 bridgehead atoms. The van der Waals surface area contributed by atoms with E-state index >= 15 is 0 Å². The predicted molar refractivity (Wildman–Crippen MR) is 126 cm³/mol. The summed E-state index contributed by atoms with van der Waals surface area (Å²) in [6.07, 6.45) is 0.779. The molecule has 1 aliphatic heterocycles. The first kappa shape index (κ1) is 22.6. The Balaban J connectivity index is 1.44. The van der Waals surface area contributed by atoms with Crippen molar-refractivity contribution in [3.8, 4) is 22.9 Å². The molecule has 0 spiro atoms. The Morgan fingerprint density at radius 3 is 2.09 bits per heavy atom. The number of rotatable bonds is 5. The second-order valence-corrected chi connectivity index (χ2v) is 10.2. The maximum absolute atomic E-state index is 13.2. The number of para-hydroxylation sites is 1. The number of amides is 1. The fourth-order valence-electron chi connectivity index (χ4n) is 4.13. The lowest BCUT2D eigenvalue weighted by Crippen LogP contribution is -2.42. The molecule has 0 aliphatic carbocycles. The number of carbonyl (C=O) groups excluding carboxylic acids is 1. The first-order chi connectivity index (χ1) is 15.9. The van der Waals surface area contributed by atoms with Crippen molar-refractivity contribution in [2.24, 2.45) is 0 Å². The highest BCUT2D eigenvalue weighted by Gasteiger charge is 2.33. The summed E-state index contributed by atoms with van der Waals surface area (Å²) in [6.45, 7) is 0.758. The molecule has 33 heavy (non-hydrogen) atoms. The second-order valence-electron chi connectivity index (χ2n) is 7.95. The van der Waals surface area contributed by atoms with Gasteiger partial charge in [0.15, 0.2) is 9.84 Å². The second kappa shape index (κ2) is 9.47. The summed E-state index contributed by atoms with van der Waals surface area (Å²) in [4.78, 5) is 14.9. The molecule has 6 nitrogen and oxygen atoms in total. The van der Waals surface area contributed by atoms with Gasteiger partial charge in [0.05, 0.1) is 34.5 Å². The third-order valence-electron chi connectivity index (χ3n) is 6.04. The van der Waals surface area contributed by atoms with Crippen molar-refractivity contribution in [1.82, 2.24) is 4.90 Å². The van der Waals surface area contributed by atoms with Crippen LogP contribution in [0.1, 0.15) is 28.8 Å². The molecule has 0 radical (unpaired) electrons. The monoisotopic (exact) mass is 460 g/mol. The molecule has 1 heterocycles. The third-order valence-corrected chi connectivity index (χ3v) is 8.31. The van der Waals surface area contributed by atoms with Gasteiger partial charge in [0.2, 0.25) is 0 Å². The minimum atomic E-state index is -3.50. The average Bonchev–Trinajstić information content (AvgIpc) is 2.88. The molecule has 7 heteroatoms. The van der Waals surface area contributed by atoms with Crippen molar-refractivity contribution in [3.63, 3.8) is 0 Å². The minimum Gasteiger partial charge on any atom is -0.496 e. The summed E-state index contributed by atoms with van der Waals surface area (Å²) < 4.78 is 31.7. The molecule has 0 aromatic heterocycles. The molecule has 3 aromatic carbocycles. The van der Waals surface area contributed by atoms with Crippen molar-refractivity contribution >= 4 is 15.7 Å². The van der Waals surface area contributed by atoms with Gasteiger partial charge in [-0.1, -0.05) is 36.4 Å². The molecule has 1 saturated heterocycles. The van der Waals surface area contributed by atoms with E-state index in [1.54, 1.807) is 65.6 Å². The molecule has 0 N–H and O–H groups in total. The van der Waals surface area contributed by atoms with Crippen LogP contribution in [-0.4, -0.2) is 44.7 Å². The number of likely N-dealkylation sites (tertiary alicyclic amines) is 1. The lowest BCUT2D eigenvalue weighted by atomic mass is 10.0.